The number of amides is 1. The molecular weight excluding hydrogens is 312 g/mol. The molecule has 5 heteroatoms. The number of carbonyl (C=O) groups is 1. The van der Waals surface area contributed by atoms with Gasteiger partial charge in [-0.1, -0.05) is 18.2 Å². The van der Waals surface area contributed by atoms with Gasteiger partial charge in [-0.2, -0.15) is 5.10 Å². The van der Waals surface area contributed by atoms with Crippen LogP contribution in [0.1, 0.15) is 37.9 Å². The van der Waals surface area contributed by atoms with Gasteiger partial charge in [0.25, 0.3) is 0 Å². The molecule has 0 radical (unpaired) electrons. The lowest BCUT2D eigenvalue weighted by molar-refractivity contribution is -0.126. The fourth-order valence-corrected chi connectivity index (χ4v) is 4.84. The van der Waals surface area contributed by atoms with E-state index in [4.69, 9.17) is 5.10 Å². The number of nitrogens with zero attached hydrogens (tertiary/aromatic N) is 2. The third-order valence-electron chi connectivity index (χ3n) is 6.12. The molecule has 2 N–H and O–H groups in total. The number of aromatic nitrogens is 2. The zero-order valence-electron chi connectivity index (χ0n) is 15.6. The lowest BCUT2D eigenvalue weighted by Crippen LogP contribution is -2.44. The minimum Gasteiger partial charge on any atom is -0.345 e. The SMILES string of the molecule is Cc1cccc2c(C(C)(C)NC(=O)[C@@H]3C[C@H]4CNC[C@H]4C3)nn(C)c12. The van der Waals surface area contributed by atoms with E-state index in [0.717, 1.165) is 42.5 Å². The van der Waals surface area contributed by atoms with Crippen LogP contribution in [-0.4, -0.2) is 28.8 Å². The maximum absolute atomic E-state index is 12.9. The molecule has 0 spiro atoms. The number of aryl methyl sites for hydroxylation is 2. The van der Waals surface area contributed by atoms with E-state index in [9.17, 15) is 4.79 Å². The van der Waals surface area contributed by atoms with E-state index in [1.54, 1.807) is 0 Å². The average Bonchev–Trinajstić information content (AvgIpc) is 3.20. The molecule has 5 nitrogen and oxygen atoms in total. The number of benzene rings is 1. The van der Waals surface area contributed by atoms with Gasteiger partial charge in [0, 0.05) is 18.4 Å². The van der Waals surface area contributed by atoms with Gasteiger partial charge in [-0.25, -0.2) is 0 Å². The Labute approximate surface area is 149 Å². The van der Waals surface area contributed by atoms with Crippen molar-refractivity contribution in [3.8, 4) is 0 Å². The highest BCUT2D eigenvalue weighted by molar-refractivity contribution is 5.87. The van der Waals surface area contributed by atoms with Crippen LogP contribution in [0.15, 0.2) is 18.2 Å². The van der Waals surface area contributed by atoms with E-state index in [1.807, 2.05) is 11.7 Å². The van der Waals surface area contributed by atoms with Gasteiger partial charge in [-0.3, -0.25) is 9.48 Å². The Balaban J connectivity index is 1.58. The molecule has 1 amide bonds. The molecule has 1 aliphatic heterocycles. The van der Waals surface area contributed by atoms with Crippen molar-refractivity contribution in [2.45, 2.75) is 39.2 Å². The summed E-state index contributed by atoms with van der Waals surface area (Å²) in [5, 5.41) is 12.6. The van der Waals surface area contributed by atoms with Crippen molar-refractivity contribution in [1.82, 2.24) is 20.4 Å². The molecule has 1 aromatic heterocycles. The Hall–Kier alpha value is -1.88. The molecule has 134 valence electrons. The Bertz CT molecular complexity index is 810. The molecule has 0 bridgehead atoms. The number of hydrogen-bond acceptors (Lipinski definition) is 3. The first kappa shape index (κ1) is 16.6. The van der Waals surface area contributed by atoms with Crippen LogP contribution >= 0.6 is 0 Å². The van der Waals surface area contributed by atoms with Crippen molar-refractivity contribution in [1.29, 1.82) is 0 Å². The lowest BCUT2D eigenvalue weighted by Gasteiger charge is -2.27. The summed E-state index contributed by atoms with van der Waals surface area (Å²) < 4.78 is 1.93. The molecule has 2 fully saturated rings. The number of rotatable bonds is 3. The van der Waals surface area contributed by atoms with E-state index in [0.29, 0.717) is 11.8 Å². The molecule has 2 aliphatic rings. The fraction of sp³-hybridized carbons (Fsp3) is 0.600. The van der Waals surface area contributed by atoms with Crippen molar-refractivity contribution in [3.05, 3.63) is 29.5 Å². The highest BCUT2D eigenvalue weighted by atomic mass is 16.2. The summed E-state index contributed by atoms with van der Waals surface area (Å²) in [6, 6.07) is 6.26. The predicted octanol–water partition coefficient (Wildman–Crippen LogP) is 2.48. The minimum atomic E-state index is -0.486. The molecule has 2 heterocycles. The number of nitrogens with one attached hydrogen (secondary N) is 2. The van der Waals surface area contributed by atoms with Crippen molar-refractivity contribution < 1.29 is 4.79 Å². The van der Waals surface area contributed by atoms with E-state index >= 15 is 0 Å². The normalized spacial score (nSPS) is 26.2. The lowest BCUT2D eigenvalue weighted by atomic mass is 9.94. The molecule has 2 aromatic rings. The van der Waals surface area contributed by atoms with Crippen molar-refractivity contribution in [2.24, 2.45) is 24.8 Å². The number of hydrogen-bond donors (Lipinski definition) is 2. The van der Waals surface area contributed by atoms with Crippen LogP contribution in [0.25, 0.3) is 10.9 Å². The van der Waals surface area contributed by atoms with Gasteiger partial charge in [0.1, 0.15) is 0 Å². The van der Waals surface area contributed by atoms with Crippen LogP contribution in [0.2, 0.25) is 0 Å². The highest BCUT2D eigenvalue weighted by Gasteiger charge is 2.41. The second-order valence-electron chi connectivity index (χ2n) is 8.40. The maximum Gasteiger partial charge on any atom is 0.223 e. The molecule has 1 aliphatic carbocycles. The highest BCUT2D eigenvalue weighted by Crippen LogP contribution is 2.39. The summed E-state index contributed by atoms with van der Waals surface area (Å²) in [4.78, 5) is 12.9. The summed E-state index contributed by atoms with van der Waals surface area (Å²) in [7, 11) is 1.97. The second-order valence-corrected chi connectivity index (χ2v) is 8.40. The molecule has 1 saturated carbocycles. The van der Waals surface area contributed by atoms with Crippen LogP contribution in [0, 0.1) is 24.7 Å². The number of carbonyl (C=O) groups excluding carboxylic acids is 1. The topological polar surface area (TPSA) is 59.0 Å². The largest absolute Gasteiger partial charge is 0.345 e. The zero-order chi connectivity index (χ0) is 17.8. The molecule has 25 heavy (non-hydrogen) atoms. The molecule has 1 aromatic carbocycles. The third kappa shape index (κ3) is 2.74. The first-order chi connectivity index (χ1) is 11.9. The fourth-order valence-electron chi connectivity index (χ4n) is 4.84. The van der Waals surface area contributed by atoms with E-state index in [1.165, 1.54) is 5.56 Å². The monoisotopic (exact) mass is 340 g/mol. The van der Waals surface area contributed by atoms with Crippen LogP contribution in [0.3, 0.4) is 0 Å². The van der Waals surface area contributed by atoms with E-state index in [-0.39, 0.29) is 11.8 Å². The van der Waals surface area contributed by atoms with Crippen molar-refractivity contribution in [3.63, 3.8) is 0 Å². The summed E-state index contributed by atoms with van der Waals surface area (Å²) in [6.45, 7) is 8.37. The van der Waals surface area contributed by atoms with Gasteiger partial charge in [-0.15, -0.1) is 0 Å². The van der Waals surface area contributed by atoms with Gasteiger partial charge in [0.05, 0.1) is 16.7 Å². The standard InChI is InChI=1S/C20H28N4O/c1-12-6-5-7-16-17(12)24(4)23-18(16)20(2,3)22-19(25)13-8-14-10-21-11-15(14)9-13/h5-7,13-15,21H,8-11H2,1-4H3,(H,22,25)/t13-,14+,15-. The summed E-state index contributed by atoms with van der Waals surface area (Å²) in [5.41, 5.74) is 2.81. The number of para-hydroxylation sites is 1. The van der Waals surface area contributed by atoms with Gasteiger partial charge in [0.2, 0.25) is 5.91 Å². The van der Waals surface area contributed by atoms with Crippen LogP contribution < -0.4 is 10.6 Å². The molecule has 4 rings (SSSR count). The van der Waals surface area contributed by atoms with Gasteiger partial charge < -0.3 is 10.6 Å². The Morgan fingerprint density at radius 3 is 2.64 bits per heavy atom. The maximum atomic E-state index is 12.9. The van der Waals surface area contributed by atoms with Crippen LogP contribution in [-0.2, 0) is 17.4 Å². The Kier molecular flexibility index (Phi) is 3.87. The third-order valence-corrected chi connectivity index (χ3v) is 6.12. The van der Waals surface area contributed by atoms with Gasteiger partial charge >= 0.3 is 0 Å². The van der Waals surface area contributed by atoms with Crippen LogP contribution in [0.5, 0.6) is 0 Å². The minimum absolute atomic E-state index is 0.146. The molecule has 0 unspecified atom stereocenters. The summed E-state index contributed by atoms with van der Waals surface area (Å²) >= 11 is 0. The average molecular weight is 340 g/mol. The van der Waals surface area contributed by atoms with E-state index < -0.39 is 5.54 Å². The predicted molar refractivity (Wildman–Crippen MR) is 99.2 cm³/mol. The smallest absolute Gasteiger partial charge is 0.223 e. The van der Waals surface area contributed by atoms with Crippen molar-refractivity contribution in [2.75, 3.05) is 13.1 Å². The van der Waals surface area contributed by atoms with E-state index in [2.05, 4.69) is 49.6 Å². The Morgan fingerprint density at radius 2 is 1.96 bits per heavy atom. The zero-order valence-corrected chi connectivity index (χ0v) is 15.6. The first-order valence-electron chi connectivity index (χ1n) is 9.32. The summed E-state index contributed by atoms with van der Waals surface area (Å²) in [5.74, 6) is 1.69. The quantitative estimate of drug-likeness (QED) is 0.902. The molecular formula is C20H28N4O. The van der Waals surface area contributed by atoms with Crippen molar-refractivity contribution >= 4 is 16.8 Å². The Morgan fingerprint density at radius 1 is 1.28 bits per heavy atom. The molecule has 1 saturated heterocycles. The number of fused-ring (bicyclic) bond motifs is 2. The molecule has 3 atom stereocenters. The first-order valence-corrected chi connectivity index (χ1v) is 9.32. The van der Waals surface area contributed by atoms with Gasteiger partial charge in [-0.05, 0) is 64.1 Å². The summed E-state index contributed by atoms with van der Waals surface area (Å²) in [6.07, 6.45) is 2.03. The van der Waals surface area contributed by atoms with Crippen LogP contribution in [0.4, 0.5) is 0 Å². The second kappa shape index (κ2) is 5.84. The van der Waals surface area contributed by atoms with Gasteiger partial charge in [0.15, 0.2) is 0 Å².